The summed E-state index contributed by atoms with van der Waals surface area (Å²) in [7, 11) is 0. The third-order valence-corrected chi connectivity index (χ3v) is 4.86. The van der Waals surface area contributed by atoms with Gasteiger partial charge in [-0.05, 0) is 49.3 Å². The van der Waals surface area contributed by atoms with Gasteiger partial charge in [-0.25, -0.2) is 0 Å². The number of carbonyl (C=O) groups excluding carboxylic acids is 1. The first-order chi connectivity index (χ1) is 11.1. The minimum absolute atomic E-state index is 0.0681. The molecule has 4 heteroatoms. The van der Waals surface area contributed by atoms with Crippen molar-refractivity contribution in [2.75, 3.05) is 38.0 Å². The monoisotopic (exact) mass is 315 g/mol. The predicted molar refractivity (Wildman–Crippen MR) is 95.0 cm³/mol. The summed E-state index contributed by atoms with van der Waals surface area (Å²) in [5.41, 5.74) is 3.12. The first-order valence-electron chi connectivity index (χ1n) is 9.00. The van der Waals surface area contributed by atoms with Crippen LogP contribution in [0, 0.1) is 11.8 Å². The van der Waals surface area contributed by atoms with Gasteiger partial charge in [-0.15, -0.1) is 0 Å². The second-order valence-corrected chi connectivity index (χ2v) is 7.39. The Morgan fingerprint density at radius 1 is 1.43 bits per heavy atom. The Morgan fingerprint density at radius 3 is 3.13 bits per heavy atom. The fourth-order valence-corrected chi connectivity index (χ4v) is 3.79. The molecule has 23 heavy (non-hydrogen) atoms. The van der Waals surface area contributed by atoms with Gasteiger partial charge in [0.2, 0.25) is 0 Å². The van der Waals surface area contributed by atoms with Crippen LogP contribution in [-0.2, 0) is 6.42 Å². The maximum Gasteiger partial charge on any atom is 0.253 e. The van der Waals surface area contributed by atoms with Crippen LogP contribution in [0.2, 0.25) is 0 Å². The summed E-state index contributed by atoms with van der Waals surface area (Å²) in [6, 6.07) is 6.06. The maximum absolute atomic E-state index is 12.6. The Balaban J connectivity index is 1.54. The molecule has 0 spiro atoms. The first kappa shape index (κ1) is 16.3. The number of hydrogen-bond acceptors (Lipinski definition) is 3. The number of likely N-dealkylation sites (tertiary alicyclic amines) is 1. The third kappa shape index (κ3) is 4.05. The number of anilines is 1. The molecule has 0 aliphatic carbocycles. The van der Waals surface area contributed by atoms with E-state index in [1.54, 1.807) is 0 Å². The highest BCUT2D eigenvalue weighted by Gasteiger charge is 2.24. The Labute approximate surface area is 139 Å². The summed E-state index contributed by atoms with van der Waals surface area (Å²) < 4.78 is 0. The predicted octanol–water partition coefficient (Wildman–Crippen LogP) is 2.75. The quantitative estimate of drug-likeness (QED) is 0.878. The lowest BCUT2D eigenvalue weighted by atomic mass is 9.99. The van der Waals surface area contributed by atoms with Gasteiger partial charge in [0.15, 0.2) is 0 Å². The van der Waals surface area contributed by atoms with E-state index < -0.39 is 0 Å². The maximum atomic E-state index is 12.6. The lowest BCUT2D eigenvalue weighted by Gasteiger charge is -2.21. The Bertz CT molecular complexity index is 556. The standard InChI is InChI=1S/C19H29N3O/c1-14(2)12-22-10-8-15(13-22)11-21-19(23)17-7-3-5-16-6-4-9-20-18(16)17/h3,5,7,14-15,20H,4,6,8-13H2,1-2H3,(H,21,23). The van der Waals surface area contributed by atoms with E-state index in [1.807, 2.05) is 12.1 Å². The van der Waals surface area contributed by atoms with Crippen molar-refractivity contribution < 1.29 is 4.79 Å². The van der Waals surface area contributed by atoms with Crippen molar-refractivity contribution in [2.24, 2.45) is 11.8 Å². The summed E-state index contributed by atoms with van der Waals surface area (Å²) in [6.45, 7) is 9.73. The molecular weight excluding hydrogens is 286 g/mol. The first-order valence-corrected chi connectivity index (χ1v) is 9.00. The summed E-state index contributed by atoms with van der Waals surface area (Å²) in [5.74, 6) is 1.37. The van der Waals surface area contributed by atoms with Gasteiger partial charge >= 0.3 is 0 Å². The SMILES string of the molecule is CC(C)CN1CCC(CNC(=O)c2cccc3c2NCCC3)C1. The highest BCUT2D eigenvalue weighted by molar-refractivity contribution is 6.00. The molecule has 126 valence electrons. The van der Waals surface area contributed by atoms with Crippen molar-refractivity contribution in [1.29, 1.82) is 0 Å². The van der Waals surface area contributed by atoms with E-state index >= 15 is 0 Å². The number of carbonyl (C=O) groups is 1. The van der Waals surface area contributed by atoms with Crippen molar-refractivity contribution in [3.8, 4) is 0 Å². The molecule has 3 rings (SSSR count). The number of para-hydroxylation sites is 1. The molecule has 2 aliphatic rings. The molecule has 0 bridgehead atoms. The minimum Gasteiger partial charge on any atom is -0.384 e. The van der Waals surface area contributed by atoms with Crippen molar-refractivity contribution in [2.45, 2.75) is 33.1 Å². The Kier molecular flexibility index (Phi) is 5.21. The Morgan fingerprint density at radius 2 is 2.30 bits per heavy atom. The van der Waals surface area contributed by atoms with E-state index in [-0.39, 0.29) is 5.91 Å². The van der Waals surface area contributed by atoms with Gasteiger partial charge in [-0.2, -0.15) is 0 Å². The van der Waals surface area contributed by atoms with Crippen LogP contribution in [0.4, 0.5) is 5.69 Å². The lowest BCUT2D eigenvalue weighted by Crippen LogP contribution is -2.32. The van der Waals surface area contributed by atoms with Crippen LogP contribution in [0.25, 0.3) is 0 Å². The van der Waals surface area contributed by atoms with Gasteiger partial charge < -0.3 is 15.5 Å². The highest BCUT2D eigenvalue weighted by atomic mass is 16.1. The largest absolute Gasteiger partial charge is 0.384 e. The molecule has 0 saturated carbocycles. The van der Waals surface area contributed by atoms with Gasteiger partial charge in [-0.1, -0.05) is 26.0 Å². The van der Waals surface area contributed by atoms with Gasteiger partial charge in [-0.3, -0.25) is 4.79 Å². The summed E-state index contributed by atoms with van der Waals surface area (Å²) in [4.78, 5) is 15.1. The van der Waals surface area contributed by atoms with Gasteiger partial charge in [0.1, 0.15) is 0 Å². The van der Waals surface area contributed by atoms with Gasteiger partial charge in [0, 0.05) is 26.2 Å². The summed E-state index contributed by atoms with van der Waals surface area (Å²) >= 11 is 0. The molecule has 0 aromatic heterocycles. The van der Waals surface area contributed by atoms with Crippen LogP contribution < -0.4 is 10.6 Å². The molecule has 1 unspecified atom stereocenters. The highest BCUT2D eigenvalue weighted by Crippen LogP contribution is 2.26. The smallest absolute Gasteiger partial charge is 0.253 e. The zero-order valence-corrected chi connectivity index (χ0v) is 14.4. The average Bonchev–Trinajstić information content (AvgIpc) is 2.98. The average molecular weight is 315 g/mol. The molecule has 0 radical (unpaired) electrons. The number of benzene rings is 1. The molecule has 2 heterocycles. The van der Waals surface area contributed by atoms with Crippen LogP contribution in [-0.4, -0.2) is 43.5 Å². The molecule has 1 amide bonds. The number of fused-ring (bicyclic) bond motifs is 1. The van der Waals surface area contributed by atoms with Crippen LogP contribution in [0.1, 0.15) is 42.6 Å². The molecule has 1 atom stereocenters. The number of amides is 1. The lowest BCUT2D eigenvalue weighted by molar-refractivity contribution is 0.0948. The minimum atomic E-state index is 0.0681. The van der Waals surface area contributed by atoms with E-state index in [4.69, 9.17) is 0 Å². The third-order valence-electron chi connectivity index (χ3n) is 4.86. The number of rotatable bonds is 5. The fraction of sp³-hybridized carbons (Fsp3) is 0.632. The number of hydrogen-bond donors (Lipinski definition) is 2. The van der Waals surface area contributed by atoms with E-state index in [9.17, 15) is 4.79 Å². The van der Waals surface area contributed by atoms with E-state index in [0.29, 0.717) is 11.8 Å². The van der Waals surface area contributed by atoms with Crippen molar-refractivity contribution in [1.82, 2.24) is 10.2 Å². The molecule has 2 aliphatic heterocycles. The zero-order chi connectivity index (χ0) is 16.2. The summed E-state index contributed by atoms with van der Waals surface area (Å²) in [5, 5.41) is 6.56. The topological polar surface area (TPSA) is 44.4 Å². The number of nitrogens with one attached hydrogen (secondary N) is 2. The van der Waals surface area contributed by atoms with Crippen LogP contribution in [0.15, 0.2) is 18.2 Å². The van der Waals surface area contributed by atoms with Gasteiger partial charge in [0.25, 0.3) is 5.91 Å². The number of nitrogens with zero attached hydrogens (tertiary/aromatic N) is 1. The zero-order valence-electron chi connectivity index (χ0n) is 14.4. The normalized spacial score (nSPS) is 21.1. The fourth-order valence-electron chi connectivity index (χ4n) is 3.79. The second-order valence-electron chi connectivity index (χ2n) is 7.39. The number of aryl methyl sites for hydroxylation is 1. The molecule has 1 aromatic carbocycles. The Hall–Kier alpha value is -1.55. The second kappa shape index (κ2) is 7.35. The molecule has 4 nitrogen and oxygen atoms in total. The van der Waals surface area contributed by atoms with E-state index in [1.165, 1.54) is 25.1 Å². The summed E-state index contributed by atoms with van der Waals surface area (Å²) in [6.07, 6.45) is 3.40. The molecule has 1 aromatic rings. The van der Waals surface area contributed by atoms with Crippen molar-refractivity contribution >= 4 is 11.6 Å². The van der Waals surface area contributed by atoms with Crippen LogP contribution >= 0.6 is 0 Å². The van der Waals surface area contributed by atoms with Crippen LogP contribution in [0.3, 0.4) is 0 Å². The molecule has 2 N–H and O–H groups in total. The van der Waals surface area contributed by atoms with Crippen molar-refractivity contribution in [3.05, 3.63) is 29.3 Å². The van der Waals surface area contributed by atoms with Crippen molar-refractivity contribution in [3.63, 3.8) is 0 Å². The molecule has 1 fully saturated rings. The van der Waals surface area contributed by atoms with E-state index in [2.05, 4.69) is 35.4 Å². The van der Waals surface area contributed by atoms with E-state index in [0.717, 1.165) is 43.7 Å². The molecular formula is C19H29N3O. The molecule has 1 saturated heterocycles. The van der Waals surface area contributed by atoms with Gasteiger partial charge in [0.05, 0.1) is 11.3 Å². The van der Waals surface area contributed by atoms with Crippen LogP contribution in [0.5, 0.6) is 0 Å².